The van der Waals surface area contributed by atoms with Crippen LogP contribution in [0.15, 0.2) is 33.7 Å². The lowest BCUT2D eigenvalue weighted by atomic mass is 10.1. The monoisotopic (exact) mass is 452 g/mol. The van der Waals surface area contributed by atoms with Gasteiger partial charge in [0.25, 0.3) is 5.91 Å². The third-order valence-electron chi connectivity index (χ3n) is 4.07. The number of nitrogens with zero attached hydrogens (tertiary/aromatic N) is 1. The number of carbonyl (C=O) groups is 2. The van der Waals surface area contributed by atoms with Crippen molar-refractivity contribution >= 4 is 27.6 Å². The Bertz CT molecular complexity index is 954. The van der Waals surface area contributed by atoms with Gasteiger partial charge in [0.05, 0.1) is 33.4 Å². The number of halogens is 1. The van der Waals surface area contributed by atoms with Crippen molar-refractivity contribution < 1.29 is 23.8 Å². The quantitative estimate of drug-likeness (QED) is 0.617. The summed E-state index contributed by atoms with van der Waals surface area (Å²) in [5.41, 5.74) is -0.235. The molecule has 8 nitrogen and oxygen atoms in total. The number of amides is 1. The lowest BCUT2D eigenvalue weighted by molar-refractivity contribution is 0.0903. The molecule has 0 saturated carbocycles. The third kappa shape index (κ3) is 4.36. The highest BCUT2D eigenvalue weighted by atomic mass is 79.9. The molecule has 1 aromatic carbocycles. The second-order valence-electron chi connectivity index (χ2n) is 5.66. The van der Waals surface area contributed by atoms with Crippen LogP contribution >= 0.6 is 15.9 Å². The number of ketones is 1. The van der Waals surface area contributed by atoms with Crippen molar-refractivity contribution in [2.45, 2.75) is 13.5 Å². The molecule has 0 aliphatic rings. The van der Waals surface area contributed by atoms with Crippen molar-refractivity contribution in [3.8, 4) is 17.4 Å². The summed E-state index contributed by atoms with van der Waals surface area (Å²) in [6, 6.07) is 4.65. The second-order valence-corrected chi connectivity index (χ2v) is 6.45. The predicted octanol–water partition coefficient (Wildman–Crippen LogP) is 2.27. The van der Waals surface area contributed by atoms with Gasteiger partial charge >= 0.3 is 0 Å². The molecule has 0 spiro atoms. The maximum absolute atomic E-state index is 12.5. The zero-order chi connectivity index (χ0) is 20.8. The normalized spacial score (nSPS) is 10.3. The molecule has 1 N–H and O–H groups in total. The fourth-order valence-electron chi connectivity index (χ4n) is 2.59. The van der Waals surface area contributed by atoms with Crippen LogP contribution in [0.25, 0.3) is 0 Å². The number of ether oxygens (including phenoxy) is 3. The molecule has 0 radical (unpaired) electrons. The molecule has 1 aromatic heterocycles. The van der Waals surface area contributed by atoms with Crippen LogP contribution in [0, 0.1) is 0 Å². The summed E-state index contributed by atoms with van der Waals surface area (Å²) in [6.07, 6.45) is 1.43. The number of aromatic nitrogens is 1. The number of carbonyl (C=O) groups excluding carboxylic acids is 2. The first-order valence-corrected chi connectivity index (χ1v) is 9.17. The maximum atomic E-state index is 12.5. The lowest BCUT2D eigenvalue weighted by Crippen LogP contribution is -2.32. The van der Waals surface area contributed by atoms with Crippen LogP contribution in [0.1, 0.15) is 27.6 Å². The minimum absolute atomic E-state index is 0.0397. The van der Waals surface area contributed by atoms with Crippen molar-refractivity contribution in [1.29, 1.82) is 0 Å². The number of nitrogens with one attached hydrogen (secondary N) is 1. The van der Waals surface area contributed by atoms with Crippen molar-refractivity contribution in [2.24, 2.45) is 0 Å². The van der Waals surface area contributed by atoms with Gasteiger partial charge in [-0.1, -0.05) is 0 Å². The van der Waals surface area contributed by atoms with E-state index in [1.807, 2.05) is 6.92 Å². The maximum Gasteiger partial charge on any atom is 0.251 e. The van der Waals surface area contributed by atoms with E-state index in [2.05, 4.69) is 21.2 Å². The zero-order valence-corrected chi connectivity index (χ0v) is 17.6. The first-order chi connectivity index (χ1) is 13.4. The molecule has 0 aliphatic heterocycles. The van der Waals surface area contributed by atoms with Crippen molar-refractivity contribution in [1.82, 2.24) is 9.88 Å². The first-order valence-electron chi connectivity index (χ1n) is 8.38. The lowest BCUT2D eigenvalue weighted by Gasteiger charge is -2.14. The first kappa shape index (κ1) is 21.5. The van der Waals surface area contributed by atoms with Gasteiger partial charge in [-0.25, -0.2) is 0 Å². The molecule has 28 heavy (non-hydrogen) atoms. The van der Waals surface area contributed by atoms with Gasteiger partial charge in [-0.3, -0.25) is 14.4 Å². The molecule has 0 atom stereocenters. The Labute approximate surface area is 170 Å². The van der Waals surface area contributed by atoms with Gasteiger partial charge in [-0.15, -0.1) is 0 Å². The predicted molar refractivity (Wildman–Crippen MR) is 107 cm³/mol. The summed E-state index contributed by atoms with van der Waals surface area (Å²) in [4.78, 5) is 37.3. The van der Waals surface area contributed by atoms with E-state index in [-0.39, 0.29) is 16.6 Å². The van der Waals surface area contributed by atoms with E-state index in [0.29, 0.717) is 29.5 Å². The van der Waals surface area contributed by atoms with Crippen molar-refractivity contribution in [2.75, 3.05) is 27.9 Å². The minimum atomic E-state index is -0.510. The van der Waals surface area contributed by atoms with E-state index in [4.69, 9.17) is 14.2 Å². The summed E-state index contributed by atoms with van der Waals surface area (Å²) in [6.45, 7) is 2.03. The smallest absolute Gasteiger partial charge is 0.251 e. The molecule has 1 amide bonds. The summed E-state index contributed by atoms with van der Waals surface area (Å²) < 4.78 is 17.3. The Balaban J connectivity index is 2.19. The standard InChI is InChI=1S/C19H21BrN2O6/c1-5-22-10-12(17(24)16(20)19(22)28-4)13(23)9-21-18(25)11-6-7-14(26-2)15(8-11)27-3/h6-8,10H,5,9H2,1-4H3,(H,21,25). The van der Waals surface area contributed by atoms with Crippen LogP contribution in [-0.2, 0) is 6.54 Å². The van der Waals surface area contributed by atoms with Crippen LogP contribution in [0.4, 0.5) is 0 Å². The zero-order valence-electron chi connectivity index (χ0n) is 16.0. The molecule has 9 heteroatoms. The van der Waals surface area contributed by atoms with E-state index < -0.39 is 17.1 Å². The van der Waals surface area contributed by atoms with Gasteiger partial charge in [0.1, 0.15) is 4.47 Å². The minimum Gasteiger partial charge on any atom is -0.493 e. The number of Topliss-reactive ketones (excluding diaryl/α,β-unsaturated/α-hetero) is 1. The largest absolute Gasteiger partial charge is 0.493 e. The molecule has 2 aromatic rings. The fraction of sp³-hybridized carbons (Fsp3) is 0.316. The topological polar surface area (TPSA) is 95.9 Å². The molecule has 2 rings (SSSR count). The fourth-order valence-corrected chi connectivity index (χ4v) is 3.19. The highest BCUT2D eigenvalue weighted by Crippen LogP contribution is 2.27. The van der Waals surface area contributed by atoms with Crippen LogP contribution < -0.4 is 25.0 Å². The van der Waals surface area contributed by atoms with Gasteiger partial charge in [-0.05, 0) is 41.1 Å². The summed E-state index contributed by atoms with van der Waals surface area (Å²) in [5, 5.41) is 2.52. The van der Waals surface area contributed by atoms with Crippen LogP contribution in [0.5, 0.6) is 17.4 Å². The second kappa shape index (κ2) is 9.41. The van der Waals surface area contributed by atoms with E-state index in [1.165, 1.54) is 33.6 Å². The molecule has 1 heterocycles. The number of hydrogen-bond acceptors (Lipinski definition) is 6. The molecule has 0 fully saturated rings. The van der Waals surface area contributed by atoms with Crippen molar-refractivity contribution in [3.05, 3.63) is 50.2 Å². The van der Waals surface area contributed by atoms with Crippen LogP contribution in [-0.4, -0.2) is 44.1 Å². The van der Waals surface area contributed by atoms with E-state index in [9.17, 15) is 14.4 Å². The summed E-state index contributed by atoms with van der Waals surface area (Å²) >= 11 is 3.17. The van der Waals surface area contributed by atoms with E-state index >= 15 is 0 Å². The number of aryl methyl sites for hydroxylation is 1. The van der Waals surface area contributed by atoms with Crippen LogP contribution in [0.3, 0.4) is 0 Å². The molecule has 0 unspecified atom stereocenters. The van der Waals surface area contributed by atoms with Gasteiger partial charge < -0.3 is 24.1 Å². The van der Waals surface area contributed by atoms with E-state index in [1.54, 1.807) is 16.7 Å². The van der Waals surface area contributed by atoms with Crippen molar-refractivity contribution in [3.63, 3.8) is 0 Å². The van der Waals surface area contributed by atoms with Gasteiger partial charge in [0.15, 0.2) is 17.3 Å². The number of hydrogen-bond donors (Lipinski definition) is 1. The van der Waals surface area contributed by atoms with E-state index in [0.717, 1.165) is 0 Å². The highest BCUT2D eigenvalue weighted by molar-refractivity contribution is 9.10. The Hall–Kier alpha value is -2.81. The van der Waals surface area contributed by atoms with Gasteiger partial charge in [0, 0.05) is 18.3 Å². The number of methoxy groups -OCH3 is 3. The number of pyridine rings is 1. The van der Waals surface area contributed by atoms with Crippen LogP contribution in [0.2, 0.25) is 0 Å². The molecular weight excluding hydrogens is 432 g/mol. The third-order valence-corrected chi connectivity index (χ3v) is 4.77. The number of rotatable bonds is 8. The summed E-state index contributed by atoms with van der Waals surface area (Å²) in [7, 11) is 4.40. The molecule has 0 saturated heterocycles. The Morgan fingerprint density at radius 1 is 1.11 bits per heavy atom. The highest BCUT2D eigenvalue weighted by Gasteiger charge is 2.19. The molecule has 150 valence electrons. The molecule has 0 aliphatic carbocycles. The summed E-state index contributed by atoms with van der Waals surface area (Å²) in [5.74, 6) is 0.227. The molecule has 0 bridgehead atoms. The number of benzene rings is 1. The SMILES string of the molecule is CCn1cc(C(=O)CNC(=O)c2ccc(OC)c(OC)c2)c(=O)c(Br)c1OC. The average molecular weight is 453 g/mol. The average Bonchev–Trinajstić information content (AvgIpc) is 2.72. The Morgan fingerprint density at radius 3 is 2.36 bits per heavy atom. The Kier molecular flexibility index (Phi) is 7.22. The van der Waals surface area contributed by atoms with Gasteiger partial charge in [0.2, 0.25) is 11.3 Å². The Morgan fingerprint density at radius 2 is 1.79 bits per heavy atom. The molecular formula is C19H21BrN2O6. The van der Waals surface area contributed by atoms with Gasteiger partial charge in [-0.2, -0.15) is 0 Å².